The first kappa shape index (κ1) is 45.4. The molecule has 0 aliphatic carbocycles. The monoisotopic (exact) mass is 992 g/mol. The summed E-state index contributed by atoms with van der Waals surface area (Å²) in [6, 6.07) is 35.0. The molecule has 0 spiro atoms. The van der Waals surface area contributed by atoms with Gasteiger partial charge < -0.3 is 28.5 Å². The van der Waals surface area contributed by atoms with Gasteiger partial charge in [-0.2, -0.15) is 10.2 Å². The van der Waals surface area contributed by atoms with Crippen LogP contribution in [0, 0.1) is 0 Å². The average Bonchev–Trinajstić information content (AvgIpc) is 3.92. The Hall–Kier alpha value is -5.58. The quantitative estimate of drug-likeness (QED) is 0.105. The van der Waals surface area contributed by atoms with Crippen molar-refractivity contribution in [2.24, 2.45) is 0 Å². The molecule has 326 valence electrons. The number of halogens is 2. The molecule has 0 amide bonds. The first-order valence-corrected chi connectivity index (χ1v) is 24.8. The van der Waals surface area contributed by atoms with Crippen molar-refractivity contribution in [1.29, 1.82) is 0 Å². The van der Waals surface area contributed by atoms with Gasteiger partial charge in [0.05, 0.1) is 73.0 Å². The van der Waals surface area contributed by atoms with Crippen molar-refractivity contribution in [1.82, 2.24) is 29.5 Å². The van der Waals surface area contributed by atoms with E-state index in [2.05, 4.69) is 80.9 Å². The number of aliphatic hydroxyl groups is 1. The van der Waals surface area contributed by atoms with Crippen molar-refractivity contribution in [3.63, 3.8) is 0 Å². The van der Waals surface area contributed by atoms with E-state index in [1.165, 1.54) is 0 Å². The highest BCUT2D eigenvalue weighted by atomic mass is 79.9. The van der Waals surface area contributed by atoms with Crippen LogP contribution in [0.5, 0.6) is 23.0 Å². The van der Waals surface area contributed by atoms with E-state index < -0.39 is 8.32 Å². The molecule has 0 fully saturated rings. The second kappa shape index (κ2) is 19.9. The minimum absolute atomic E-state index is 0.118. The number of aromatic nitrogens is 6. The maximum atomic E-state index is 9.34. The van der Waals surface area contributed by atoms with Crippen molar-refractivity contribution in [2.75, 3.05) is 14.2 Å². The molecule has 0 bridgehead atoms. The lowest BCUT2D eigenvalue weighted by Gasteiger charge is -2.36. The molecule has 0 atom stereocenters. The van der Waals surface area contributed by atoms with Gasteiger partial charge in [0.1, 0.15) is 36.2 Å². The molecule has 8 aromatic rings. The summed E-state index contributed by atoms with van der Waals surface area (Å²) in [6.45, 7) is 12.5. The van der Waals surface area contributed by atoms with Crippen molar-refractivity contribution in [2.45, 2.75) is 65.3 Å². The van der Waals surface area contributed by atoms with Gasteiger partial charge in [0, 0.05) is 8.95 Å². The van der Waals surface area contributed by atoms with Crippen LogP contribution in [0.1, 0.15) is 43.3 Å². The van der Waals surface area contributed by atoms with Crippen molar-refractivity contribution >= 4 is 62.0 Å². The van der Waals surface area contributed by atoms with Crippen LogP contribution in [0.2, 0.25) is 18.1 Å². The van der Waals surface area contributed by atoms with E-state index >= 15 is 0 Å². The Morgan fingerprint density at radius 2 is 1.05 bits per heavy atom. The Kier molecular flexibility index (Phi) is 14.3. The fraction of sp³-hybridized carbons (Fsp3) is 0.250. The third-order valence-electron chi connectivity index (χ3n) is 10.9. The van der Waals surface area contributed by atoms with Gasteiger partial charge in [-0.15, -0.1) is 0 Å². The van der Waals surface area contributed by atoms with Crippen LogP contribution in [-0.2, 0) is 30.9 Å². The second-order valence-electron chi connectivity index (χ2n) is 16.2. The summed E-state index contributed by atoms with van der Waals surface area (Å²) in [4.78, 5) is 9.28. The number of hydrogen-bond donors (Lipinski definition) is 1. The van der Waals surface area contributed by atoms with E-state index in [1.54, 1.807) is 31.2 Å². The molecule has 8 rings (SSSR count). The topological polar surface area (TPSA) is 128 Å². The zero-order valence-electron chi connectivity index (χ0n) is 36.3. The third-order valence-corrected chi connectivity index (χ3v) is 16.3. The number of benzene rings is 4. The summed E-state index contributed by atoms with van der Waals surface area (Å²) in [5.41, 5.74) is 5.36. The normalized spacial score (nSPS) is 11.7. The SMILES string of the molecule is COc1ccc(COc2cc(Br)cc3c2cnn3-c2cccc(CO)n2)cc1.COc1ccc(COc2cc(Br)cc3c2cnn3-c2cccc(CO[Si](C)(C)C(C)(C)C)n2)cc1. The largest absolute Gasteiger partial charge is 0.497 e. The number of pyridine rings is 2. The highest BCUT2D eigenvalue weighted by molar-refractivity contribution is 9.10. The second-order valence-corrected chi connectivity index (χ2v) is 22.9. The lowest BCUT2D eigenvalue weighted by molar-refractivity contribution is 0.272. The molecule has 4 aromatic heterocycles. The standard InChI is InChI=1S/C27H32BrN3O3Si.C21H18BrN3O3/c1-27(2,3)35(5,6)34-18-21-8-7-9-26(30-21)31-24-14-20(28)15-25(23(24)16-29-31)33-17-19-10-12-22(32-4)13-11-19;1-27-17-7-5-14(6-8-17)13-28-20-10-15(22)9-19-18(20)11-23-25(19)21-4-2-3-16(12-26)24-21/h7-16H,17-18H2,1-6H3;2-11,26H,12-13H2,1H3. The summed E-state index contributed by atoms with van der Waals surface area (Å²) < 4.78 is 34.4. The highest BCUT2D eigenvalue weighted by Gasteiger charge is 2.37. The van der Waals surface area contributed by atoms with E-state index in [0.29, 0.717) is 31.3 Å². The molecule has 4 aromatic carbocycles. The van der Waals surface area contributed by atoms with E-state index in [9.17, 15) is 5.11 Å². The van der Waals surface area contributed by atoms with E-state index in [-0.39, 0.29) is 11.6 Å². The van der Waals surface area contributed by atoms with Crippen molar-refractivity contribution in [3.8, 4) is 34.6 Å². The van der Waals surface area contributed by atoms with Crippen LogP contribution >= 0.6 is 31.9 Å². The molecule has 0 saturated carbocycles. The fourth-order valence-corrected chi connectivity index (χ4v) is 8.09. The average molecular weight is 995 g/mol. The Morgan fingerprint density at radius 3 is 1.48 bits per heavy atom. The third kappa shape index (κ3) is 11.0. The lowest BCUT2D eigenvalue weighted by atomic mass is 10.2. The van der Waals surface area contributed by atoms with Gasteiger partial charge in [0.25, 0.3) is 0 Å². The number of ether oxygens (including phenoxy) is 4. The lowest BCUT2D eigenvalue weighted by Crippen LogP contribution is -2.40. The Morgan fingerprint density at radius 1 is 0.603 bits per heavy atom. The fourth-order valence-electron chi connectivity index (χ4n) is 6.30. The summed E-state index contributed by atoms with van der Waals surface area (Å²) in [5, 5.41) is 20.4. The van der Waals surface area contributed by atoms with Crippen LogP contribution in [0.25, 0.3) is 33.4 Å². The first-order valence-electron chi connectivity index (χ1n) is 20.3. The van der Waals surface area contributed by atoms with E-state index in [4.69, 9.17) is 28.4 Å². The van der Waals surface area contributed by atoms with E-state index in [1.807, 2.05) is 114 Å². The van der Waals surface area contributed by atoms with Crippen LogP contribution in [0.4, 0.5) is 0 Å². The van der Waals surface area contributed by atoms with Crippen molar-refractivity contribution in [3.05, 3.63) is 153 Å². The molecule has 1 N–H and O–H groups in total. The van der Waals surface area contributed by atoms with Gasteiger partial charge in [0.15, 0.2) is 20.0 Å². The maximum absolute atomic E-state index is 9.34. The molecular formula is C48H50Br2N6O6Si. The van der Waals surface area contributed by atoms with Gasteiger partial charge in [-0.1, -0.05) is 89.0 Å². The molecule has 0 saturated heterocycles. The van der Waals surface area contributed by atoms with Crippen LogP contribution in [0.3, 0.4) is 0 Å². The Bertz CT molecular complexity index is 2810. The molecule has 15 heteroatoms. The Balaban J connectivity index is 0.000000193. The maximum Gasteiger partial charge on any atom is 0.192 e. The van der Waals surface area contributed by atoms with Gasteiger partial charge in [-0.05, 0) is 102 Å². The Labute approximate surface area is 385 Å². The van der Waals surface area contributed by atoms with Gasteiger partial charge in [-0.25, -0.2) is 19.3 Å². The van der Waals surface area contributed by atoms with Crippen molar-refractivity contribution < 1.29 is 28.5 Å². The van der Waals surface area contributed by atoms with Crippen LogP contribution in [-0.4, -0.2) is 57.2 Å². The predicted molar refractivity (Wildman–Crippen MR) is 256 cm³/mol. The molecule has 0 aliphatic heterocycles. The molecule has 12 nitrogen and oxygen atoms in total. The summed E-state index contributed by atoms with van der Waals surface area (Å²) >= 11 is 7.18. The number of nitrogens with zero attached hydrogens (tertiary/aromatic N) is 6. The van der Waals surface area contributed by atoms with Crippen LogP contribution < -0.4 is 18.9 Å². The first-order chi connectivity index (χ1) is 30.2. The van der Waals surface area contributed by atoms with Crippen LogP contribution in [0.15, 0.2) is 131 Å². The predicted octanol–water partition coefficient (Wildman–Crippen LogP) is 11.6. The molecule has 0 aliphatic rings. The number of fused-ring (bicyclic) bond motifs is 2. The van der Waals surface area contributed by atoms with E-state index in [0.717, 1.165) is 76.4 Å². The summed E-state index contributed by atoms with van der Waals surface area (Å²) in [6.07, 6.45) is 3.59. The number of methoxy groups -OCH3 is 2. The van der Waals surface area contributed by atoms with Gasteiger partial charge in [0.2, 0.25) is 0 Å². The summed E-state index contributed by atoms with van der Waals surface area (Å²) in [5.74, 6) is 4.51. The minimum atomic E-state index is -1.86. The number of aliphatic hydroxyl groups excluding tert-OH is 1. The van der Waals surface area contributed by atoms with Gasteiger partial charge >= 0.3 is 0 Å². The molecule has 0 unspecified atom stereocenters. The van der Waals surface area contributed by atoms with Gasteiger partial charge in [-0.3, -0.25) is 0 Å². The zero-order chi connectivity index (χ0) is 44.7. The smallest absolute Gasteiger partial charge is 0.192 e. The molecule has 4 heterocycles. The minimum Gasteiger partial charge on any atom is -0.497 e. The number of rotatable bonds is 14. The number of hydrogen-bond acceptors (Lipinski definition) is 10. The molecule has 0 radical (unpaired) electrons. The zero-order valence-corrected chi connectivity index (χ0v) is 40.5. The highest BCUT2D eigenvalue weighted by Crippen LogP contribution is 2.37. The molecule has 63 heavy (non-hydrogen) atoms. The molecular weight excluding hydrogens is 944 g/mol. The summed E-state index contributed by atoms with van der Waals surface area (Å²) in [7, 11) is 1.44.